The second kappa shape index (κ2) is 7.50. The molecule has 1 saturated carbocycles. The predicted octanol–water partition coefficient (Wildman–Crippen LogP) is 2.64. The van der Waals surface area contributed by atoms with Gasteiger partial charge in [0.1, 0.15) is 6.54 Å². The Kier molecular flexibility index (Phi) is 5.67. The molecule has 1 fully saturated rings. The van der Waals surface area contributed by atoms with Crippen molar-refractivity contribution in [3.63, 3.8) is 0 Å². The Hall–Kier alpha value is -1.49. The first-order chi connectivity index (χ1) is 10.1. The van der Waals surface area contributed by atoms with Gasteiger partial charge in [-0.25, -0.2) is 0 Å². The van der Waals surface area contributed by atoms with Crippen LogP contribution in [-0.4, -0.2) is 41.7 Å². The number of hydrogen-bond donors (Lipinski definition) is 0. The monoisotopic (exact) mass is 307 g/mol. The zero-order valence-corrected chi connectivity index (χ0v) is 13.3. The number of rotatable bonds is 7. The first-order valence-electron chi connectivity index (χ1n) is 7.25. The molecular weight excluding hydrogens is 286 g/mol. The third-order valence-electron chi connectivity index (χ3n) is 3.36. The number of carbonyl (C=O) groups is 2. The summed E-state index contributed by atoms with van der Waals surface area (Å²) in [4.78, 5) is 26.7. The van der Waals surface area contributed by atoms with Crippen molar-refractivity contribution >= 4 is 23.6 Å². The number of nitrogens with zero attached hydrogens (tertiary/aromatic N) is 1. The van der Waals surface area contributed by atoms with Crippen molar-refractivity contribution in [2.75, 3.05) is 18.9 Å². The van der Waals surface area contributed by atoms with Gasteiger partial charge in [0.2, 0.25) is 5.91 Å². The van der Waals surface area contributed by atoms with Crippen LogP contribution in [-0.2, 0) is 14.3 Å². The number of esters is 1. The molecule has 0 heterocycles. The summed E-state index contributed by atoms with van der Waals surface area (Å²) in [5, 5.41) is 0. The Labute approximate surface area is 129 Å². The molecule has 0 aliphatic heterocycles. The minimum atomic E-state index is -0.321. The molecule has 0 saturated heterocycles. The molecule has 1 aromatic carbocycles. The normalized spacial score (nSPS) is 13.8. The Morgan fingerprint density at radius 2 is 2.05 bits per heavy atom. The lowest BCUT2D eigenvalue weighted by molar-refractivity contribution is -0.148. The molecule has 0 unspecified atom stereocenters. The number of hydrogen-bond acceptors (Lipinski definition) is 4. The van der Waals surface area contributed by atoms with Gasteiger partial charge in [-0.05, 0) is 38.3 Å². The average molecular weight is 307 g/mol. The number of amides is 1. The van der Waals surface area contributed by atoms with Crippen LogP contribution in [0.3, 0.4) is 0 Å². The predicted molar refractivity (Wildman–Crippen MR) is 83.3 cm³/mol. The third kappa shape index (κ3) is 4.77. The SMILES string of the molecule is CCOC(=O)CN(C(=O)CSc1ccccc1C)C1CC1. The first-order valence-corrected chi connectivity index (χ1v) is 8.24. The van der Waals surface area contributed by atoms with Crippen LogP contribution < -0.4 is 0 Å². The van der Waals surface area contributed by atoms with Gasteiger partial charge in [0.15, 0.2) is 0 Å². The molecule has 1 aliphatic carbocycles. The quantitative estimate of drug-likeness (QED) is 0.574. The van der Waals surface area contributed by atoms with Crippen LogP contribution in [0.5, 0.6) is 0 Å². The van der Waals surface area contributed by atoms with Crippen molar-refractivity contribution in [3.05, 3.63) is 29.8 Å². The summed E-state index contributed by atoms with van der Waals surface area (Å²) in [6.07, 6.45) is 1.97. The van der Waals surface area contributed by atoms with Gasteiger partial charge in [-0.3, -0.25) is 9.59 Å². The van der Waals surface area contributed by atoms with Crippen LogP contribution >= 0.6 is 11.8 Å². The van der Waals surface area contributed by atoms with Crippen LogP contribution in [0.1, 0.15) is 25.3 Å². The average Bonchev–Trinajstić information content (AvgIpc) is 3.28. The molecule has 0 N–H and O–H groups in total. The number of thioether (sulfide) groups is 1. The van der Waals surface area contributed by atoms with E-state index in [9.17, 15) is 9.59 Å². The molecule has 0 spiro atoms. The van der Waals surface area contributed by atoms with Crippen molar-refractivity contribution < 1.29 is 14.3 Å². The van der Waals surface area contributed by atoms with Gasteiger partial charge in [0, 0.05) is 10.9 Å². The number of benzene rings is 1. The van der Waals surface area contributed by atoms with E-state index in [-0.39, 0.29) is 24.5 Å². The van der Waals surface area contributed by atoms with E-state index in [1.807, 2.05) is 31.2 Å². The van der Waals surface area contributed by atoms with Crippen molar-refractivity contribution in [1.29, 1.82) is 0 Å². The van der Waals surface area contributed by atoms with Gasteiger partial charge in [0.25, 0.3) is 0 Å². The van der Waals surface area contributed by atoms with E-state index >= 15 is 0 Å². The van der Waals surface area contributed by atoms with Crippen LogP contribution in [0.4, 0.5) is 0 Å². The molecule has 2 rings (SSSR count). The molecule has 21 heavy (non-hydrogen) atoms. The standard InChI is InChI=1S/C16H21NO3S/c1-3-20-16(19)10-17(13-8-9-13)15(18)11-21-14-7-5-4-6-12(14)2/h4-7,13H,3,8-11H2,1-2H3. The minimum absolute atomic E-state index is 0.0128. The van der Waals surface area contributed by atoms with Crippen LogP contribution in [0.2, 0.25) is 0 Å². The highest BCUT2D eigenvalue weighted by molar-refractivity contribution is 8.00. The zero-order valence-electron chi connectivity index (χ0n) is 12.5. The molecular formula is C16H21NO3S. The van der Waals surface area contributed by atoms with Crippen LogP contribution in [0.15, 0.2) is 29.2 Å². The molecule has 1 aliphatic rings. The van der Waals surface area contributed by atoms with Gasteiger partial charge in [-0.2, -0.15) is 0 Å². The molecule has 0 atom stereocenters. The second-order valence-corrected chi connectivity index (χ2v) is 6.13. The summed E-state index contributed by atoms with van der Waals surface area (Å²) in [5.74, 6) is 0.0539. The summed E-state index contributed by atoms with van der Waals surface area (Å²) < 4.78 is 4.94. The fourth-order valence-corrected chi connectivity index (χ4v) is 3.01. The summed E-state index contributed by atoms with van der Waals surface area (Å²) in [6, 6.07) is 8.22. The Morgan fingerprint density at radius 1 is 1.33 bits per heavy atom. The van der Waals surface area contributed by atoms with Crippen LogP contribution in [0, 0.1) is 6.92 Å². The molecule has 1 amide bonds. The van der Waals surface area contributed by atoms with Crippen LogP contribution in [0.25, 0.3) is 0 Å². The van der Waals surface area contributed by atoms with Crippen molar-refractivity contribution in [3.8, 4) is 0 Å². The molecule has 0 bridgehead atoms. The molecule has 0 aromatic heterocycles. The Balaban J connectivity index is 1.90. The summed E-state index contributed by atoms with van der Waals surface area (Å²) in [5.41, 5.74) is 1.17. The molecule has 114 valence electrons. The zero-order chi connectivity index (χ0) is 15.2. The highest BCUT2D eigenvalue weighted by Crippen LogP contribution is 2.29. The summed E-state index contributed by atoms with van der Waals surface area (Å²) in [7, 11) is 0. The molecule has 1 aromatic rings. The maximum Gasteiger partial charge on any atom is 0.325 e. The topological polar surface area (TPSA) is 46.6 Å². The number of ether oxygens (including phenoxy) is 1. The van der Waals surface area contributed by atoms with Gasteiger partial charge in [-0.15, -0.1) is 11.8 Å². The number of aryl methyl sites for hydroxylation is 1. The lowest BCUT2D eigenvalue weighted by Gasteiger charge is -2.21. The van der Waals surface area contributed by atoms with Crippen molar-refractivity contribution in [2.45, 2.75) is 37.6 Å². The summed E-state index contributed by atoms with van der Waals surface area (Å²) >= 11 is 1.53. The molecule has 4 nitrogen and oxygen atoms in total. The van der Waals surface area contributed by atoms with E-state index < -0.39 is 0 Å². The van der Waals surface area contributed by atoms with Crippen molar-refractivity contribution in [2.24, 2.45) is 0 Å². The summed E-state index contributed by atoms with van der Waals surface area (Å²) in [6.45, 7) is 4.23. The van der Waals surface area contributed by atoms with E-state index in [0.29, 0.717) is 12.4 Å². The molecule has 0 radical (unpaired) electrons. The van der Waals surface area contributed by atoms with Gasteiger partial charge >= 0.3 is 5.97 Å². The first kappa shape index (κ1) is 15.9. The van der Waals surface area contributed by atoms with Gasteiger partial charge < -0.3 is 9.64 Å². The Morgan fingerprint density at radius 3 is 2.67 bits per heavy atom. The fourth-order valence-electron chi connectivity index (χ4n) is 2.09. The lowest BCUT2D eigenvalue weighted by atomic mass is 10.2. The highest BCUT2D eigenvalue weighted by Gasteiger charge is 2.33. The largest absolute Gasteiger partial charge is 0.465 e. The van der Waals surface area contributed by atoms with E-state index in [2.05, 4.69) is 0 Å². The highest BCUT2D eigenvalue weighted by atomic mass is 32.2. The lowest BCUT2D eigenvalue weighted by Crippen LogP contribution is -2.39. The van der Waals surface area contributed by atoms with Gasteiger partial charge in [0.05, 0.1) is 12.4 Å². The van der Waals surface area contributed by atoms with E-state index in [1.54, 1.807) is 11.8 Å². The van der Waals surface area contributed by atoms with E-state index in [4.69, 9.17) is 4.74 Å². The maximum atomic E-state index is 12.3. The van der Waals surface area contributed by atoms with Gasteiger partial charge in [-0.1, -0.05) is 18.2 Å². The Bertz CT molecular complexity index is 514. The van der Waals surface area contributed by atoms with Crippen molar-refractivity contribution in [1.82, 2.24) is 4.90 Å². The second-order valence-electron chi connectivity index (χ2n) is 5.11. The minimum Gasteiger partial charge on any atom is -0.465 e. The fraction of sp³-hybridized carbons (Fsp3) is 0.500. The third-order valence-corrected chi connectivity index (χ3v) is 4.52. The molecule has 5 heteroatoms. The smallest absolute Gasteiger partial charge is 0.325 e. The van der Waals surface area contributed by atoms with E-state index in [0.717, 1.165) is 17.7 Å². The van der Waals surface area contributed by atoms with E-state index in [1.165, 1.54) is 17.3 Å². The maximum absolute atomic E-state index is 12.3. The number of carbonyl (C=O) groups excluding carboxylic acids is 2.